The van der Waals surface area contributed by atoms with E-state index in [0.717, 1.165) is 56.7 Å². The lowest BCUT2D eigenvalue weighted by atomic mass is 10.3. The average molecular weight is 350 g/mol. The molecule has 0 amide bonds. The Morgan fingerprint density at radius 1 is 0.885 bits per heavy atom. The summed E-state index contributed by atoms with van der Waals surface area (Å²) in [7, 11) is 0. The van der Waals surface area contributed by atoms with Crippen molar-refractivity contribution in [1.82, 2.24) is 19.9 Å². The molecule has 0 atom stereocenters. The Hall–Kier alpha value is -2.95. The fourth-order valence-corrected chi connectivity index (χ4v) is 3.55. The van der Waals surface area contributed by atoms with E-state index in [1.807, 2.05) is 6.92 Å². The smallest absolute Gasteiger partial charge is 0.227 e. The number of aromatic nitrogens is 4. The summed E-state index contributed by atoms with van der Waals surface area (Å²) in [6.45, 7) is 7.31. The molecule has 0 radical (unpaired) electrons. The Morgan fingerprint density at radius 2 is 1.58 bits per heavy atom. The minimum Gasteiger partial charge on any atom is -0.356 e. The molecule has 0 bridgehead atoms. The third kappa shape index (κ3) is 3.25. The van der Waals surface area contributed by atoms with E-state index in [9.17, 15) is 5.26 Å². The summed E-state index contributed by atoms with van der Waals surface area (Å²) in [5.41, 5.74) is 1.38. The first kappa shape index (κ1) is 16.5. The second kappa shape index (κ2) is 7.12. The number of aryl methyl sites for hydroxylation is 1. The van der Waals surface area contributed by atoms with Crippen LogP contribution in [0.5, 0.6) is 0 Å². The Morgan fingerprint density at radius 3 is 2.31 bits per heavy atom. The Labute approximate surface area is 153 Å². The van der Waals surface area contributed by atoms with Gasteiger partial charge in [0.1, 0.15) is 11.9 Å². The van der Waals surface area contributed by atoms with Crippen molar-refractivity contribution in [3.05, 3.63) is 29.8 Å². The first-order chi connectivity index (χ1) is 12.7. The molecule has 4 rings (SSSR count). The summed E-state index contributed by atoms with van der Waals surface area (Å²) in [5.74, 6) is 2.50. The Balaban J connectivity index is 1.49. The maximum Gasteiger partial charge on any atom is 0.227 e. The molecule has 8 heteroatoms. The van der Waals surface area contributed by atoms with Crippen LogP contribution >= 0.6 is 0 Å². The zero-order valence-electron chi connectivity index (χ0n) is 15.0. The highest BCUT2D eigenvalue weighted by molar-refractivity contribution is 5.52. The molecule has 2 aliphatic rings. The molecule has 2 aliphatic heterocycles. The maximum absolute atomic E-state index is 9.23. The molecule has 0 unspecified atom stereocenters. The first-order valence-corrected chi connectivity index (χ1v) is 9.06. The molecule has 2 aromatic rings. The van der Waals surface area contributed by atoms with Gasteiger partial charge >= 0.3 is 0 Å². The van der Waals surface area contributed by atoms with Crippen LogP contribution in [0, 0.1) is 18.3 Å². The highest BCUT2D eigenvalue weighted by atomic mass is 15.3. The van der Waals surface area contributed by atoms with Crippen molar-refractivity contribution < 1.29 is 0 Å². The molecular weight excluding hydrogens is 328 g/mol. The predicted molar refractivity (Wildman–Crippen MR) is 99.4 cm³/mol. The fourth-order valence-electron chi connectivity index (χ4n) is 3.55. The Kier molecular flexibility index (Phi) is 4.52. The summed E-state index contributed by atoms with van der Waals surface area (Å²) >= 11 is 0. The van der Waals surface area contributed by atoms with E-state index in [-0.39, 0.29) is 0 Å². The van der Waals surface area contributed by atoms with Gasteiger partial charge in [-0.2, -0.15) is 10.2 Å². The lowest BCUT2D eigenvalue weighted by molar-refractivity contribution is 0.631. The molecule has 4 heterocycles. The highest BCUT2D eigenvalue weighted by Crippen LogP contribution is 2.23. The molecule has 134 valence electrons. The third-order valence-corrected chi connectivity index (χ3v) is 4.91. The number of nitriles is 1. The second-order valence-corrected chi connectivity index (χ2v) is 6.68. The van der Waals surface area contributed by atoms with Crippen molar-refractivity contribution in [3.63, 3.8) is 0 Å². The molecule has 8 nitrogen and oxygen atoms in total. The number of anilines is 3. The standard InChI is InChI=1S/C18H22N8/c1-14-12-16(24-6-2-3-7-24)23-18(22-14)26-10-8-25(9-11-26)17-15(13-19)20-4-5-21-17/h4-5,12H,2-3,6-11H2,1H3. The number of nitrogens with zero attached hydrogens (tertiary/aromatic N) is 8. The van der Waals surface area contributed by atoms with E-state index in [0.29, 0.717) is 11.5 Å². The van der Waals surface area contributed by atoms with Gasteiger partial charge < -0.3 is 14.7 Å². The van der Waals surface area contributed by atoms with Gasteiger partial charge in [0.05, 0.1) is 0 Å². The molecule has 2 fully saturated rings. The number of hydrogen-bond donors (Lipinski definition) is 0. The van der Waals surface area contributed by atoms with E-state index in [2.05, 4.69) is 41.8 Å². The lowest BCUT2D eigenvalue weighted by Crippen LogP contribution is -2.47. The van der Waals surface area contributed by atoms with Gasteiger partial charge in [0.2, 0.25) is 5.95 Å². The van der Waals surface area contributed by atoms with Crippen LogP contribution in [0.1, 0.15) is 24.2 Å². The summed E-state index contributed by atoms with van der Waals surface area (Å²) in [4.78, 5) is 24.6. The SMILES string of the molecule is Cc1cc(N2CCCC2)nc(N2CCN(c3nccnc3C#N)CC2)n1. The topological polar surface area (TPSA) is 85.1 Å². The van der Waals surface area contributed by atoms with Gasteiger partial charge in [-0.25, -0.2) is 15.0 Å². The van der Waals surface area contributed by atoms with Gasteiger partial charge in [0.25, 0.3) is 0 Å². The van der Waals surface area contributed by atoms with E-state index < -0.39 is 0 Å². The zero-order valence-corrected chi connectivity index (χ0v) is 15.0. The molecule has 26 heavy (non-hydrogen) atoms. The van der Waals surface area contributed by atoms with Gasteiger partial charge in [-0.15, -0.1) is 0 Å². The largest absolute Gasteiger partial charge is 0.356 e. The molecular formula is C18H22N8. The van der Waals surface area contributed by atoms with Crippen LogP contribution in [0.4, 0.5) is 17.6 Å². The molecule has 0 N–H and O–H groups in total. The predicted octanol–water partition coefficient (Wildman–Crippen LogP) is 1.37. The van der Waals surface area contributed by atoms with Gasteiger partial charge in [-0.1, -0.05) is 0 Å². The minimum atomic E-state index is 0.379. The summed E-state index contributed by atoms with van der Waals surface area (Å²) in [6, 6.07) is 4.20. The lowest BCUT2D eigenvalue weighted by Gasteiger charge is -2.35. The fraction of sp³-hybridized carbons (Fsp3) is 0.500. The number of hydrogen-bond acceptors (Lipinski definition) is 8. The third-order valence-electron chi connectivity index (χ3n) is 4.91. The van der Waals surface area contributed by atoms with Gasteiger partial charge in [-0.05, 0) is 19.8 Å². The van der Waals surface area contributed by atoms with Gasteiger partial charge in [-0.3, -0.25) is 0 Å². The number of piperazine rings is 1. The first-order valence-electron chi connectivity index (χ1n) is 9.06. The molecule has 0 saturated carbocycles. The van der Waals surface area contributed by atoms with Crippen LogP contribution < -0.4 is 14.7 Å². The molecule has 0 spiro atoms. The minimum absolute atomic E-state index is 0.379. The van der Waals surface area contributed by atoms with Crippen LogP contribution in [0.15, 0.2) is 18.5 Å². The Bertz CT molecular complexity index is 816. The van der Waals surface area contributed by atoms with Crippen LogP contribution in [0.25, 0.3) is 0 Å². The monoisotopic (exact) mass is 350 g/mol. The summed E-state index contributed by atoms with van der Waals surface area (Å²) < 4.78 is 0. The van der Waals surface area contributed by atoms with E-state index >= 15 is 0 Å². The zero-order chi connectivity index (χ0) is 17.9. The van der Waals surface area contributed by atoms with Crippen molar-refractivity contribution in [2.24, 2.45) is 0 Å². The van der Waals surface area contributed by atoms with E-state index in [4.69, 9.17) is 4.98 Å². The van der Waals surface area contributed by atoms with Crippen molar-refractivity contribution in [1.29, 1.82) is 5.26 Å². The molecule has 2 saturated heterocycles. The number of rotatable bonds is 3. The van der Waals surface area contributed by atoms with Crippen LogP contribution in [-0.4, -0.2) is 59.2 Å². The quantitative estimate of drug-likeness (QED) is 0.821. The highest BCUT2D eigenvalue weighted by Gasteiger charge is 2.23. The van der Waals surface area contributed by atoms with Crippen molar-refractivity contribution in [2.75, 3.05) is 54.0 Å². The normalized spacial score (nSPS) is 17.5. The van der Waals surface area contributed by atoms with Gasteiger partial charge in [0.15, 0.2) is 11.5 Å². The van der Waals surface area contributed by atoms with Crippen LogP contribution in [-0.2, 0) is 0 Å². The van der Waals surface area contributed by atoms with Gasteiger partial charge in [0, 0.05) is 63.4 Å². The van der Waals surface area contributed by atoms with Crippen LogP contribution in [0.2, 0.25) is 0 Å². The summed E-state index contributed by atoms with van der Waals surface area (Å²) in [6.07, 6.45) is 5.65. The molecule has 0 aliphatic carbocycles. The summed E-state index contributed by atoms with van der Waals surface area (Å²) in [5, 5.41) is 9.23. The molecule has 2 aromatic heterocycles. The van der Waals surface area contributed by atoms with Crippen molar-refractivity contribution in [3.8, 4) is 6.07 Å². The average Bonchev–Trinajstić information content (AvgIpc) is 3.22. The van der Waals surface area contributed by atoms with Crippen LogP contribution in [0.3, 0.4) is 0 Å². The van der Waals surface area contributed by atoms with Crippen molar-refractivity contribution in [2.45, 2.75) is 19.8 Å². The maximum atomic E-state index is 9.23. The second-order valence-electron chi connectivity index (χ2n) is 6.68. The van der Waals surface area contributed by atoms with E-state index in [1.54, 1.807) is 12.4 Å². The molecule has 0 aromatic carbocycles. The van der Waals surface area contributed by atoms with Crippen molar-refractivity contribution >= 4 is 17.6 Å². The van der Waals surface area contributed by atoms with E-state index in [1.165, 1.54) is 12.8 Å².